The van der Waals surface area contributed by atoms with E-state index in [-0.39, 0.29) is 0 Å². The molecule has 0 spiro atoms. The molecule has 7 heteroatoms. The predicted octanol–water partition coefficient (Wildman–Crippen LogP) is 4.72. The summed E-state index contributed by atoms with van der Waals surface area (Å²) >= 11 is 12.3. The van der Waals surface area contributed by atoms with Crippen molar-refractivity contribution in [1.82, 2.24) is 19.4 Å². The van der Waals surface area contributed by atoms with Gasteiger partial charge in [-0.1, -0.05) is 35.4 Å². The first-order valence-corrected chi connectivity index (χ1v) is 10.4. The van der Waals surface area contributed by atoms with Crippen molar-refractivity contribution in [2.75, 3.05) is 37.6 Å². The van der Waals surface area contributed by atoms with Gasteiger partial charge in [0.2, 0.25) is 5.95 Å². The zero-order valence-electron chi connectivity index (χ0n) is 16.3. The second-order valence-electron chi connectivity index (χ2n) is 7.09. The molecule has 150 valence electrons. The van der Waals surface area contributed by atoms with Crippen LogP contribution in [0.15, 0.2) is 55.0 Å². The number of nitrogens with zero attached hydrogens (tertiary/aromatic N) is 5. The van der Waals surface area contributed by atoms with Crippen LogP contribution < -0.4 is 4.90 Å². The molecule has 0 amide bonds. The largest absolute Gasteiger partial charge is 0.369 e. The summed E-state index contributed by atoms with van der Waals surface area (Å²) in [6.07, 6.45) is 9.93. The van der Waals surface area contributed by atoms with Gasteiger partial charge in [-0.2, -0.15) is 0 Å². The number of halogens is 2. The molecule has 29 heavy (non-hydrogen) atoms. The highest BCUT2D eigenvalue weighted by atomic mass is 35.5. The Hall–Kier alpha value is -2.34. The molecule has 0 saturated carbocycles. The average Bonchev–Trinajstić information content (AvgIpc) is 3.09. The standard InChI is InChI=1S/C22H23Cl2N5/c1-17-18(5-9-29(17)22-25-6-3-7-26-22)4-2-8-27-10-12-28(13-11-27)21-15-19(23)14-20(24)16-21/h2-7,9,14-16H,8,10-13H2,1H3/b4-2+. The molecule has 1 aromatic carbocycles. The fourth-order valence-corrected chi connectivity index (χ4v) is 4.09. The van der Waals surface area contributed by atoms with Crippen LogP contribution in [0.3, 0.4) is 0 Å². The van der Waals surface area contributed by atoms with Gasteiger partial charge in [0.05, 0.1) is 0 Å². The van der Waals surface area contributed by atoms with Crippen molar-refractivity contribution in [3.8, 4) is 5.95 Å². The quantitative estimate of drug-likeness (QED) is 0.590. The van der Waals surface area contributed by atoms with Crippen LogP contribution in [0.4, 0.5) is 5.69 Å². The van der Waals surface area contributed by atoms with E-state index in [1.54, 1.807) is 18.5 Å². The molecule has 0 N–H and O–H groups in total. The Morgan fingerprint density at radius 2 is 1.69 bits per heavy atom. The molecule has 4 rings (SSSR count). The van der Waals surface area contributed by atoms with Crippen LogP contribution >= 0.6 is 23.2 Å². The van der Waals surface area contributed by atoms with E-state index < -0.39 is 0 Å². The van der Waals surface area contributed by atoms with Crippen LogP contribution in [0.2, 0.25) is 10.0 Å². The Balaban J connectivity index is 1.33. The first kappa shape index (κ1) is 20.0. The molecule has 1 aliphatic heterocycles. The van der Waals surface area contributed by atoms with Crippen molar-refractivity contribution in [3.05, 3.63) is 76.3 Å². The van der Waals surface area contributed by atoms with E-state index in [0.717, 1.165) is 44.1 Å². The lowest BCUT2D eigenvalue weighted by atomic mass is 10.2. The van der Waals surface area contributed by atoms with Gasteiger partial charge in [0.1, 0.15) is 0 Å². The molecular formula is C22H23Cl2N5. The maximum Gasteiger partial charge on any atom is 0.233 e. The summed E-state index contributed by atoms with van der Waals surface area (Å²) in [5.41, 5.74) is 3.41. The smallest absolute Gasteiger partial charge is 0.233 e. The van der Waals surface area contributed by atoms with Crippen molar-refractivity contribution >= 4 is 35.0 Å². The van der Waals surface area contributed by atoms with Gasteiger partial charge in [-0.3, -0.25) is 9.47 Å². The zero-order chi connectivity index (χ0) is 20.2. The maximum absolute atomic E-state index is 6.14. The van der Waals surface area contributed by atoms with Gasteiger partial charge < -0.3 is 4.90 Å². The van der Waals surface area contributed by atoms with Crippen molar-refractivity contribution in [2.24, 2.45) is 0 Å². The molecule has 0 unspecified atom stereocenters. The van der Waals surface area contributed by atoms with E-state index >= 15 is 0 Å². The monoisotopic (exact) mass is 427 g/mol. The number of benzene rings is 1. The third-order valence-electron chi connectivity index (χ3n) is 5.20. The second kappa shape index (κ2) is 8.99. The Morgan fingerprint density at radius 3 is 2.38 bits per heavy atom. The minimum Gasteiger partial charge on any atom is -0.369 e. The van der Waals surface area contributed by atoms with Gasteiger partial charge in [-0.05, 0) is 42.8 Å². The van der Waals surface area contributed by atoms with Gasteiger partial charge >= 0.3 is 0 Å². The molecule has 0 aliphatic carbocycles. The number of rotatable bonds is 5. The molecule has 1 saturated heterocycles. The van der Waals surface area contributed by atoms with E-state index in [1.807, 2.05) is 29.0 Å². The Kier molecular flexibility index (Phi) is 6.19. The molecule has 1 aliphatic rings. The van der Waals surface area contributed by atoms with Crippen LogP contribution in [0.5, 0.6) is 0 Å². The molecule has 5 nitrogen and oxygen atoms in total. The zero-order valence-corrected chi connectivity index (χ0v) is 17.8. The molecular weight excluding hydrogens is 405 g/mol. The minimum absolute atomic E-state index is 0.682. The number of hydrogen-bond acceptors (Lipinski definition) is 4. The van der Waals surface area contributed by atoms with E-state index in [4.69, 9.17) is 23.2 Å². The van der Waals surface area contributed by atoms with Gasteiger partial charge in [0, 0.05) is 72.7 Å². The highest BCUT2D eigenvalue weighted by Crippen LogP contribution is 2.26. The van der Waals surface area contributed by atoms with Gasteiger partial charge in [0.25, 0.3) is 0 Å². The van der Waals surface area contributed by atoms with Gasteiger partial charge in [0.15, 0.2) is 0 Å². The first-order valence-electron chi connectivity index (χ1n) is 9.65. The Bertz CT molecular complexity index is 971. The minimum atomic E-state index is 0.682. The Labute approximate surface area is 181 Å². The van der Waals surface area contributed by atoms with Gasteiger partial charge in [-0.25, -0.2) is 9.97 Å². The molecule has 0 bridgehead atoms. The summed E-state index contributed by atoms with van der Waals surface area (Å²) in [5, 5.41) is 1.36. The number of anilines is 1. The van der Waals surface area contributed by atoms with Crippen molar-refractivity contribution in [1.29, 1.82) is 0 Å². The third kappa shape index (κ3) is 4.81. The fourth-order valence-electron chi connectivity index (χ4n) is 3.57. The molecule has 2 aromatic heterocycles. The van der Waals surface area contributed by atoms with Crippen molar-refractivity contribution in [3.63, 3.8) is 0 Å². The number of hydrogen-bond donors (Lipinski definition) is 0. The second-order valence-corrected chi connectivity index (χ2v) is 7.97. The highest BCUT2D eigenvalue weighted by Gasteiger charge is 2.17. The lowest BCUT2D eigenvalue weighted by molar-refractivity contribution is 0.284. The average molecular weight is 428 g/mol. The lowest BCUT2D eigenvalue weighted by Crippen LogP contribution is -2.46. The molecule has 0 radical (unpaired) electrons. The van der Waals surface area contributed by atoms with Crippen LogP contribution in [-0.4, -0.2) is 52.2 Å². The fraction of sp³-hybridized carbons (Fsp3) is 0.273. The van der Waals surface area contributed by atoms with Crippen LogP contribution in [-0.2, 0) is 0 Å². The normalized spacial score (nSPS) is 15.3. The maximum atomic E-state index is 6.14. The van der Waals surface area contributed by atoms with Crippen molar-refractivity contribution in [2.45, 2.75) is 6.92 Å². The summed E-state index contributed by atoms with van der Waals surface area (Å²) in [4.78, 5) is 13.4. The lowest BCUT2D eigenvalue weighted by Gasteiger charge is -2.35. The summed E-state index contributed by atoms with van der Waals surface area (Å²) in [6.45, 7) is 6.96. The van der Waals surface area contributed by atoms with Crippen molar-refractivity contribution < 1.29 is 0 Å². The number of piperazine rings is 1. The van der Waals surface area contributed by atoms with Crippen LogP contribution in [0.25, 0.3) is 12.0 Å². The van der Waals surface area contributed by atoms with Crippen LogP contribution in [0.1, 0.15) is 11.3 Å². The summed E-state index contributed by atoms with van der Waals surface area (Å²) in [5.74, 6) is 0.696. The predicted molar refractivity (Wildman–Crippen MR) is 120 cm³/mol. The number of aromatic nitrogens is 3. The molecule has 3 heterocycles. The van der Waals surface area contributed by atoms with E-state index in [9.17, 15) is 0 Å². The van der Waals surface area contributed by atoms with E-state index in [1.165, 1.54) is 5.56 Å². The summed E-state index contributed by atoms with van der Waals surface area (Å²) in [7, 11) is 0. The summed E-state index contributed by atoms with van der Waals surface area (Å²) < 4.78 is 2.01. The Morgan fingerprint density at radius 1 is 1.00 bits per heavy atom. The SMILES string of the molecule is Cc1c(/C=C/CN2CCN(c3cc(Cl)cc(Cl)c3)CC2)ccn1-c1ncccn1. The highest BCUT2D eigenvalue weighted by molar-refractivity contribution is 6.35. The first-order chi connectivity index (χ1) is 14.1. The van der Waals surface area contributed by atoms with Gasteiger partial charge in [-0.15, -0.1) is 0 Å². The topological polar surface area (TPSA) is 37.2 Å². The molecule has 0 atom stereocenters. The molecule has 3 aromatic rings. The summed E-state index contributed by atoms with van der Waals surface area (Å²) in [6, 6.07) is 9.65. The molecule has 1 fully saturated rings. The van der Waals surface area contributed by atoms with Crippen LogP contribution in [0, 0.1) is 6.92 Å². The van der Waals surface area contributed by atoms with E-state index in [0.29, 0.717) is 16.0 Å². The third-order valence-corrected chi connectivity index (χ3v) is 5.63. The van der Waals surface area contributed by atoms with E-state index in [2.05, 4.69) is 44.9 Å².